The van der Waals surface area contributed by atoms with Crippen molar-refractivity contribution in [2.45, 2.75) is 45.4 Å². The van der Waals surface area contributed by atoms with Gasteiger partial charge in [-0.3, -0.25) is 0 Å². The molecule has 0 radical (unpaired) electrons. The zero-order chi connectivity index (χ0) is 12.3. The molecule has 17 heavy (non-hydrogen) atoms. The van der Waals surface area contributed by atoms with Gasteiger partial charge in [0.25, 0.3) is 0 Å². The summed E-state index contributed by atoms with van der Waals surface area (Å²) in [5, 5.41) is 0. The Morgan fingerprint density at radius 3 is 2.29 bits per heavy atom. The molecule has 0 aliphatic heterocycles. The standard InChI is InChI=1S/C16H25N/c1-16(2)10-8-14(9-11-16)15(12-17)13-6-4-3-5-7-13/h3-7,14-15H,8-12,17H2,1-2H3/t15-/m0/s1. The molecule has 1 fully saturated rings. The number of benzene rings is 1. The first-order chi connectivity index (χ1) is 8.12. The molecular formula is C16H25N. The summed E-state index contributed by atoms with van der Waals surface area (Å²) >= 11 is 0. The minimum atomic E-state index is 0.548. The molecule has 0 spiro atoms. The fourth-order valence-electron chi connectivity index (χ4n) is 3.12. The first-order valence-corrected chi connectivity index (χ1v) is 6.87. The third-order valence-electron chi connectivity index (χ3n) is 4.43. The van der Waals surface area contributed by atoms with Crippen LogP contribution in [-0.2, 0) is 0 Å². The summed E-state index contributed by atoms with van der Waals surface area (Å²) in [6.07, 6.45) is 5.37. The van der Waals surface area contributed by atoms with Gasteiger partial charge in [-0.15, -0.1) is 0 Å². The van der Waals surface area contributed by atoms with Gasteiger partial charge in [-0.1, -0.05) is 44.2 Å². The van der Waals surface area contributed by atoms with Gasteiger partial charge in [0.2, 0.25) is 0 Å². The van der Waals surface area contributed by atoms with Crippen molar-refractivity contribution in [3.63, 3.8) is 0 Å². The minimum absolute atomic E-state index is 0.548. The second-order valence-corrected chi connectivity index (χ2v) is 6.25. The van der Waals surface area contributed by atoms with Crippen molar-refractivity contribution in [1.82, 2.24) is 0 Å². The minimum Gasteiger partial charge on any atom is -0.330 e. The fraction of sp³-hybridized carbons (Fsp3) is 0.625. The molecule has 94 valence electrons. The summed E-state index contributed by atoms with van der Waals surface area (Å²) in [5.74, 6) is 1.35. The topological polar surface area (TPSA) is 26.0 Å². The van der Waals surface area contributed by atoms with Crippen molar-refractivity contribution in [1.29, 1.82) is 0 Å². The Hall–Kier alpha value is -0.820. The third kappa shape index (κ3) is 3.10. The summed E-state index contributed by atoms with van der Waals surface area (Å²) in [6.45, 7) is 5.57. The van der Waals surface area contributed by atoms with E-state index in [2.05, 4.69) is 44.2 Å². The predicted molar refractivity (Wildman–Crippen MR) is 74.0 cm³/mol. The molecule has 1 saturated carbocycles. The second kappa shape index (κ2) is 5.22. The Morgan fingerprint density at radius 2 is 1.76 bits per heavy atom. The van der Waals surface area contributed by atoms with Gasteiger partial charge in [-0.05, 0) is 55.0 Å². The van der Waals surface area contributed by atoms with Gasteiger partial charge in [0, 0.05) is 0 Å². The van der Waals surface area contributed by atoms with Crippen molar-refractivity contribution in [2.24, 2.45) is 17.1 Å². The van der Waals surface area contributed by atoms with E-state index in [4.69, 9.17) is 5.73 Å². The first-order valence-electron chi connectivity index (χ1n) is 6.87. The lowest BCUT2D eigenvalue weighted by Gasteiger charge is -2.38. The smallest absolute Gasteiger partial charge is 0.000556 e. The van der Waals surface area contributed by atoms with Crippen LogP contribution in [0.3, 0.4) is 0 Å². The van der Waals surface area contributed by atoms with E-state index in [1.165, 1.54) is 31.2 Å². The maximum absolute atomic E-state index is 6.00. The molecule has 1 aromatic carbocycles. The Kier molecular flexibility index (Phi) is 3.88. The summed E-state index contributed by atoms with van der Waals surface area (Å²) in [6, 6.07) is 10.8. The molecule has 2 rings (SSSR count). The molecule has 0 amide bonds. The van der Waals surface area contributed by atoms with Crippen molar-refractivity contribution < 1.29 is 0 Å². The zero-order valence-electron chi connectivity index (χ0n) is 11.2. The Morgan fingerprint density at radius 1 is 1.18 bits per heavy atom. The SMILES string of the molecule is CC1(C)CCC([C@@H](CN)c2ccccc2)CC1. The largest absolute Gasteiger partial charge is 0.330 e. The monoisotopic (exact) mass is 231 g/mol. The molecule has 2 N–H and O–H groups in total. The highest BCUT2D eigenvalue weighted by Gasteiger charge is 2.31. The normalized spacial score (nSPS) is 22.3. The van der Waals surface area contributed by atoms with E-state index in [1.807, 2.05) is 0 Å². The van der Waals surface area contributed by atoms with Crippen LogP contribution in [0.1, 0.15) is 51.0 Å². The van der Waals surface area contributed by atoms with Crippen LogP contribution in [0.2, 0.25) is 0 Å². The molecular weight excluding hydrogens is 206 g/mol. The van der Waals surface area contributed by atoms with E-state index >= 15 is 0 Å². The summed E-state index contributed by atoms with van der Waals surface area (Å²) in [7, 11) is 0. The van der Waals surface area contributed by atoms with Crippen LogP contribution < -0.4 is 5.73 Å². The Bertz CT molecular complexity index is 332. The van der Waals surface area contributed by atoms with Gasteiger partial charge >= 0.3 is 0 Å². The molecule has 1 nitrogen and oxygen atoms in total. The van der Waals surface area contributed by atoms with E-state index < -0.39 is 0 Å². The molecule has 0 unspecified atom stereocenters. The Balaban J connectivity index is 2.05. The molecule has 1 heteroatoms. The number of hydrogen-bond acceptors (Lipinski definition) is 1. The highest BCUT2D eigenvalue weighted by molar-refractivity contribution is 5.21. The van der Waals surface area contributed by atoms with Crippen molar-refractivity contribution in [2.75, 3.05) is 6.54 Å². The lowest BCUT2D eigenvalue weighted by atomic mass is 9.68. The van der Waals surface area contributed by atoms with E-state index in [1.54, 1.807) is 0 Å². The highest BCUT2D eigenvalue weighted by Crippen LogP contribution is 2.43. The summed E-state index contributed by atoms with van der Waals surface area (Å²) in [4.78, 5) is 0. The molecule has 0 heterocycles. The van der Waals surface area contributed by atoms with Crippen molar-refractivity contribution in [3.8, 4) is 0 Å². The highest BCUT2D eigenvalue weighted by atomic mass is 14.6. The molecule has 0 saturated heterocycles. The van der Waals surface area contributed by atoms with Crippen LogP contribution in [-0.4, -0.2) is 6.54 Å². The van der Waals surface area contributed by atoms with E-state index in [-0.39, 0.29) is 0 Å². The maximum Gasteiger partial charge on any atom is -0.000556 e. The van der Waals surface area contributed by atoms with Crippen molar-refractivity contribution >= 4 is 0 Å². The van der Waals surface area contributed by atoms with E-state index in [0.717, 1.165) is 12.5 Å². The van der Waals surface area contributed by atoms with Crippen LogP contribution in [0.5, 0.6) is 0 Å². The van der Waals surface area contributed by atoms with Gasteiger partial charge in [0.1, 0.15) is 0 Å². The Labute approximate surface area is 105 Å². The number of rotatable bonds is 3. The van der Waals surface area contributed by atoms with Crippen LogP contribution in [0.4, 0.5) is 0 Å². The van der Waals surface area contributed by atoms with E-state index in [9.17, 15) is 0 Å². The molecule has 1 aromatic rings. The quantitative estimate of drug-likeness (QED) is 0.837. The molecule has 1 aliphatic carbocycles. The van der Waals surface area contributed by atoms with Gasteiger partial charge in [-0.25, -0.2) is 0 Å². The average molecular weight is 231 g/mol. The fourth-order valence-corrected chi connectivity index (χ4v) is 3.12. The summed E-state index contributed by atoms with van der Waals surface area (Å²) in [5.41, 5.74) is 7.98. The number of nitrogens with two attached hydrogens (primary N) is 1. The van der Waals surface area contributed by atoms with Gasteiger partial charge in [0.05, 0.1) is 0 Å². The van der Waals surface area contributed by atoms with Crippen LogP contribution >= 0.6 is 0 Å². The maximum atomic E-state index is 6.00. The molecule has 1 aliphatic rings. The summed E-state index contributed by atoms with van der Waals surface area (Å²) < 4.78 is 0. The lowest BCUT2D eigenvalue weighted by molar-refractivity contribution is 0.173. The van der Waals surface area contributed by atoms with Crippen LogP contribution in [0.25, 0.3) is 0 Å². The molecule has 0 aromatic heterocycles. The lowest BCUT2D eigenvalue weighted by Crippen LogP contribution is -2.28. The molecule has 0 bridgehead atoms. The predicted octanol–water partition coefficient (Wildman–Crippen LogP) is 3.95. The number of hydrogen-bond donors (Lipinski definition) is 1. The van der Waals surface area contributed by atoms with Gasteiger partial charge < -0.3 is 5.73 Å². The van der Waals surface area contributed by atoms with Gasteiger partial charge in [0.15, 0.2) is 0 Å². The van der Waals surface area contributed by atoms with Gasteiger partial charge in [-0.2, -0.15) is 0 Å². The zero-order valence-corrected chi connectivity index (χ0v) is 11.2. The van der Waals surface area contributed by atoms with Crippen molar-refractivity contribution in [3.05, 3.63) is 35.9 Å². The van der Waals surface area contributed by atoms with Crippen LogP contribution in [0.15, 0.2) is 30.3 Å². The first kappa shape index (κ1) is 12.6. The second-order valence-electron chi connectivity index (χ2n) is 6.25. The molecule has 1 atom stereocenters. The van der Waals surface area contributed by atoms with E-state index in [0.29, 0.717) is 11.3 Å². The third-order valence-corrected chi connectivity index (χ3v) is 4.43. The average Bonchev–Trinajstić information content (AvgIpc) is 2.33. The van der Waals surface area contributed by atoms with Crippen LogP contribution in [0, 0.1) is 11.3 Å².